The van der Waals surface area contributed by atoms with Gasteiger partial charge in [-0.25, -0.2) is 4.39 Å². The second-order valence-corrected chi connectivity index (χ2v) is 8.56. The molecule has 1 aliphatic rings. The van der Waals surface area contributed by atoms with Crippen LogP contribution < -0.4 is 14.8 Å². The van der Waals surface area contributed by atoms with Crippen molar-refractivity contribution in [1.82, 2.24) is 10.2 Å². The van der Waals surface area contributed by atoms with Gasteiger partial charge in [-0.1, -0.05) is 32.0 Å². The standard InChI is InChI=1S/C25H31FN2O4/c1-16(2)11-24(29)28-14-21(20-10-9-19(31-3)12-23(20)32-4)22(15-28)25(30)27-13-17-5-7-18(26)8-6-17/h5-10,12,16,21-22H,11,13-15H2,1-4H3,(H,27,30)/t21-,22-/m1/s1. The lowest BCUT2D eigenvalue weighted by atomic mass is 9.87. The molecule has 0 saturated carbocycles. The van der Waals surface area contributed by atoms with Crippen LogP contribution in [0.15, 0.2) is 42.5 Å². The Morgan fingerprint density at radius 3 is 2.44 bits per heavy atom. The van der Waals surface area contributed by atoms with Gasteiger partial charge in [0.1, 0.15) is 17.3 Å². The van der Waals surface area contributed by atoms with Crippen LogP contribution >= 0.6 is 0 Å². The number of hydrogen-bond acceptors (Lipinski definition) is 4. The van der Waals surface area contributed by atoms with Gasteiger partial charge in [0.15, 0.2) is 0 Å². The summed E-state index contributed by atoms with van der Waals surface area (Å²) in [6.07, 6.45) is 0.441. The third kappa shape index (κ3) is 5.58. The molecule has 0 radical (unpaired) electrons. The normalized spacial score (nSPS) is 18.0. The lowest BCUT2D eigenvalue weighted by Crippen LogP contribution is -2.35. The molecule has 2 aromatic rings. The van der Waals surface area contributed by atoms with E-state index in [2.05, 4.69) is 5.32 Å². The molecular weight excluding hydrogens is 411 g/mol. The van der Waals surface area contributed by atoms with Gasteiger partial charge in [0.05, 0.1) is 20.1 Å². The number of amides is 2. The molecule has 172 valence electrons. The SMILES string of the molecule is COc1ccc([C@H]2CN(C(=O)CC(C)C)C[C@H]2C(=O)NCc2ccc(F)cc2)c(OC)c1. The number of benzene rings is 2. The Labute approximate surface area is 188 Å². The lowest BCUT2D eigenvalue weighted by molar-refractivity contribution is -0.131. The largest absolute Gasteiger partial charge is 0.497 e. The number of halogens is 1. The summed E-state index contributed by atoms with van der Waals surface area (Å²) in [6.45, 7) is 5.10. The maximum Gasteiger partial charge on any atom is 0.225 e. The maximum absolute atomic E-state index is 13.2. The second-order valence-electron chi connectivity index (χ2n) is 8.56. The molecule has 0 unspecified atom stereocenters. The smallest absolute Gasteiger partial charge is 0.225 e. The quantitative estimate of drug-likeness (QED) is 0.676. The summed E-state index contributed by atoms with van der Waals surface area (Å²) in [6, 6.07) is 11.6. The monoisotopic (exact) mass is 442 g/mol. The summed E-state index contributed by atoms with van der Waals surface area (Å²) in [5, 5.41) is 2.96. The van der Waals surface area contributed by atoms with Crippen LogP contribution in [-0.4, -0.2) is 44.0 Å². The summed E-state index contributed by atoms with van der Waals surface area (Å²) in [7, 11) is 3.17. The van der Waals surface area contributed by atoms with Crippen molar-refractivity contribution in [1.29, 1.82) is 0 Å². The van der Waals surface area contributed by atoms with Crippen LogP contribution in [0.2, 0.25) is 0 Å². The number of carbonyl (C=O) groups is 2. The van der Waals surface area contributed by atoms with Crippen molar-refractivity contribution < 1.29 is 23.5 Å². The van der Waals surface area contributed by atoms with E-state index in [1.54, 1.807) is 37.3 Å². The Morgan fingerprint density at radius 2 is 1.81 bits per heavy atom. The second kappa shape index (κ2) is 10.5. The Balaban J connectivity index is 1.83. The summed E-state index contributed by atoms with van der Waals surface area (Å²) < 4.78 is 24.0. The van der Waals surface area contributed by atoms with E-state index in [4.69, 9.17) is 9.47 Å². The van der Waals surface area contributed by atoms with Gasteiger partial charge in [-0.3, -0.25) is 9.59 Å². The topological polar surface area (TPSA) is 67.9 Å². The lowest BCUT2D eigenvalue weighted by Gasteiger charge is -2.21. The van der Waals surface area contributed by atoms with Crippen molar-refractivity contribution >= 4 is 11.8 Å². The Kier molecular flexibility index (Phi) is 7.72. The molecule has 1 heterocycles. The molecule has 6 nitrogen and oxygen atoms in total. The number of carbonyl (C=O) groups excluding carboxylic acids is 2. The predicted octanol–water partition coefficient (Wildman–Crippen LogP) is 3.75. The predicted molar refractivity (Wildman–Crippen MR) is 120 cm³/mol. The number of hydrogen-bond donors (Lipinski definition) is 1. The van der Waals surface area contributed by atoms with Gasteiger partial charge in [-0.2, -0.15) is 0 Å². The van der Waals surface area contributed by atoms with Gasteiger partial charge < -0.3 is 19.7 Å². The first-order chi connectivity index (χ1) is 15.3. The Morgan fingerprint density at radius 1 is 1.09 bits per heavy atom. The van der Waals surface area contributed by atoms with E-state index in [1.165, 1.54) is 12.1 Å². The van der Waals surface area contributed by atoms with Gasteiger partial charge in [0.25, 0.3) is 0 Å². The number of nitrogens with zero attached hydrogens (tertiary/aromatic N) is 1. The van der Waals surface area contributed by atoms with Gasteiger partial charge in [-0.05, 0) is 29.7 Å². The first kappa shape index (κ1) is 23.6. The first-order valence-corrected chi connectivity index (χ1v) is 10.8. The molecule has 1 N–H and O–H groups in total. The minimum atomic E-state index is -0.422. The molecule has 7 heteroatoms. The van der Waals surface area contributed by atoms with Crippen LogP contribution in [0.5, 0.6) is 11.5 Å². The van der Waals surface area contributed by atoms with E-state index >= 15 is 0 Å². The molecule has 2 atom stereocenters. The fraction of sp³-hybridized carbons (Fsp3) is 0.440. The van der Waals surface area contributed by atoms with Gasteiger partial charge in [0, 0.05) is 43.6 Å². The zero-order valence-electron chi connectivity index (χ0n) is 19.1. The maximum atomic E-state index is 13.2. The molecule has 0 bridgehead atoms. The summed E-state index contributed by atoms with van der Waals surface area (Å²) >= 11 is 0. The van der Waals surface area contributed by atoms with E-state index in [0.717, 1.165) is 11.1 Å². The van der Waals surface area contributed by atoms with Crippen LogP contribution in [0, 0.1) is 17.7 Å². The number of nitrogens with one attached hydrogen (secondary N) is 1. The van der Waals surface area contributed by atoms with Crippen molar-refractivity contribution in [2.45, 2.75) is 32.7 Å². The fourth-order valence-corrected chi connectivity index (χ4v) is 4.11. The molecule has 32 heavy (non-hydrogen) atoms. The van der Waals surface area contributed by atoms with E-state index in [1.807, 2.05) is 26.0 Å². The van der Waals surface area contributed by atoms with Gasteiger partial charge in [0.2, 0.25) is 11.8 Å². The molecular formula is C25H31FN2O4. The Bertz CT molecular complexity index is 945. The highest BCUT2D eigenvalue weighted by Crippen LogP contribution is 2.39. The highest BCUT2D eigenvalue weighted by Gasteiger charge is 2.41. The van der Waals surface area contributed by atoms with Crippen molar-refractivity contribution in [2.75, 3.05) is 27.3 Å². The zero-order valence-corrected chi connectivity index (χ0v) is 19.1. The van der Waals surface area contributed by atoms with Crippen molar-refractivity contribution in [3.63, 3.8) is 0 Å². The van der Waals surface area contributed by atoms with Crippen LogP contribution in [0.1, 0.15) is 37.3 Å². The highest BCUT2D eigenvalue weighted by molar-refractivity contribution is 5.83. The third-order valence-corrected chi connectivity index (χ3v) is 5.81. The minimum Gasteiger partial charge on any atom is -0.497 e. The van der Waals surface area contributed by atoms with Gasteiger partial charge in [-0.15, -0.1) is 0 Å². The van der Waals surface area contributed by atoms with Crippen molar-refractivity contribution in [2.24, 2.45) is 11.8 Å². The van der Waals surface area contributed by atoms with Gasteiger partial charge >= 0.3 is 0 Å². The number of likely N-dealkylation sites (tertiary alicyclic amines) is 1. The molecule has 0 spiro atoms. The minimum absolute atomic E-state index is 0.0475. The number of rotatable bonds is 8. The summed E-state index contributed by atoms with van der Waals surface area (Å²) in [5.74, 6) is 0.486. The third-order valence-electron chi connectivity index (χ3n) is 5.81. The van der Waals surface area contributed by atoms with Crippen molar-refractivity contribution in [3.05, 3.63) is 59.4 Å². The first-order valence-electron chi connectivity index (χ1n) is 10.8. The number of ether oxygens (including phenoxy) is 2. The highest BCUT2D eigenvalue weighted by atomic mass is 19.1. The Hall–Kier alpha value is -3.09. The molecule has 1 aliphatic heterocycles. The van der Waals surface area contributed by atoms with E-state index in [-0.39, 0.29) is 29.5 Å². The molecule has 2 amide bonds. The van der Waals surface area contributed by atoms with E-state index in [0.29, 0.717) is 37.6 Å². The molecule has 1 fully saturated rings. The van der Waals surface area contributed by atoms with E-state index in [9.17, 15) is 14.0 Å². The zero-order chi connectivity index (χ0) is 23.3. The fourth-order valence-electron chi connectivity index (χ4n) is 4.11. The van der Waals surface area contributed by atoms with Crippen LogP contribution in [0.25, 0.3) is 0 Å². The molecule has 3 rings (SSSR count). The summed E-state index contributed by atoms with van der Waals surface area (Å²) in [5.41, 5.74) is 1.68. The molecule has 1 saturated heterocycles. The molecule has 0 aliphatic carbocycles. The summed E-state index contributed by atoms with van der Waals surface area (Å²) in [4.78, 5) is 27.7. The van der Waals surface area contributed by atoms with Crippen LogP contribution in [-0.2, 0) is 16.1 Å². The molecule has 0 aromatic heterocycles. The molecule has 2 aromatic carbocycles. The average Bonchev–Trinajstić information content (AvgIpc) is 3.23. The van der Waals surface area contributed by atoms with Crippen LogP contribution in [0.3, 0.4) is 0 Å². The van der Waals surface area contributed by atoms with Crippen LogP contribution in [0.4, 0.5) is 4.39 Å². The van der Waals surface area contributed by atoms with Crippen molar-refractivity contribution in [3.8, 4) is 11.5 Å². The number of methoxy groups -OCH3 is 2. The average molecular weight is 443 g/mol. The van der Waals surface area contributed by atoms with E-state index < -0.39 is 5.92 Å².